The lowest BCUT2D eigenvalue weighted by Gasteiger charge is -2.27. The highest BCUT2D eigenvalue weighted by molar-refractivity contribution is 7.98. The molecule has 0 aromatic heterocycles. The monoisotopic (exact) mass is 294 g/mol. The maximum Gasteiger partial charge on any atom is 0.254 e. The highest BCUT2D eigenvalue weighted by Gasteiger charge is 2.21. The van der Waals surface area contributed by atoms with Gasteiger partial charge in [-0.05, 0) is 44.3 Å². The van der Waals surface area contributed by atoms with Gasteiger partial charge >= 0.3 is 0 Å². The molecule has 0 spiro atoms. The molecule has 1 rings (SSSR count). The molecule has 0 heterocycles. The Labute approximate surface area is 127 Å². The number of thioether (sulfide) groups is 1. The topological polar surface area (TPSA) is 32.3 Å². The number of hydrogen-bond donors (Lipinski definition) is 1. The summed E-state index contributed by atoms with van der Waals surface area (Å²) in [6.45, 7) is 3.02. The average molecular weight is 294 g/mol. The van der Waals surface area contributed by atoms with Crippen LogP contribution in [-0.4, -0.2) is 49.5 Å². The molecule has 1 unspecified atom stereocenters. The third-order valence-electron chi connectivity index (χ3n) is 3.59. The Morgan fingerprint density at radius 3 is 2.70 bits per heavy atom. The van der Waals surface area contributed by atoms with Gasteiger partial charge in [-0.15, -0.1) is 0 Å². The quantitative estimate of drug-likeness (QED) is 0.800. The van der Waals surface area contributed by atoms with E-state index >= 15 is 0 Å². The summed E-state index contributed by atoms with van der Waals surface area (Å²) in [4.78, 5) is 14.6. The molecule has 1 N–H and O–H groups in total. The lowest BCUT2D eigenvalue weighted by Crippen LogP contribution is -2.38. The number of carbonyl (C=O) groups excluding carboxylic acids is 1. The number of likely N-dealkylation sites (N-methyl/N-ethyl adjacent to an activating group) is 1. The van der Waals surface area contributed by atoms with Crippen molar-refractivity contribution in [3.05, 3.63) is 35.4 Å². The van der Waals surface area contributed by atoms with Crippen molar-refractivity contribution >= 4 is 17.7 Å². The Hall–Kier alpha value is -1.00. The van der Waals surface area contributed by atoms with Crippen LogP contribution in [0.4, 0.5) is 0 Å². The predicted molar refractivity (Wildman–Crippen MR) is 88.6 cm³/mol. The fraction of sp³-hybridized carbons (Fsp3) is 0.562. The van der Waals surface area contributed by atoms with Gasteiger partial charge in [0, 0.05) is 24.4 Å². The molecule has 1 atom stereocenters. The van der Waals surface area contributed by atoms with Gasteiger partial charge in [0.25, 0.3) is 5.91 Å². The van der Waals surface area contributed by atoms with Crippen molar-refractivity contribution < 1.29 is 4.79 Å². The van der Waals surface area contributed by atoms with Gasteiger partial charge in [-0.3, -0.25) is 4.79 Å². The summed E-state index contributed by atoms with van der Waals surface area (Å²) in [5.41, 5.74) is 1.96. The number of nitrogens with zero attached hydrogens (tertiary/aromatic N) is 1. The minimum absolute atomic E-state index is 0.137. The molecule has 3 nitrogen and oxygen atoms in total. The van der Waals surface area contributed by atoms with Crippen LogP contribution >= 0.6 is 11.8 Å². The Balaban J connectivity index is 2.90. The number of benzene rings is 1. The Morgan fingerprint density at radius 1 is 1.40 bits per heavy atom. The molecule has 112 valence electrons. The van der Waals surface area contributed by atoms with E-state index in [0.29, 0.717) is 6.04 Å². The van der Waals surface area contributed by atoms with Gasteiger partial charge in [0.05, 0.1) is 0 Å². The summed E-state index contributed by atoms with van der Waals surface area (Å²) in [6, 6.07) is 8.24. The van der Waals surface area contributed by atoms with Crippen molar-refractivity contribution in [2.75, 3.05) is 32.6 Å². The van der Waals surface area contributed by atoms with Crippen LogP contribution in [0.5, 0.6) is 0 Å². The van der Waals surface area contributed by atoms with Crippen LogP contribution < -0.4 is 5.32 Å². The van der Waals surface area contributed by atoms with Crippen LogP contribution in [0.25, 0.3) is 0 Å². The number of rotatable bonds is 8. The average Bonchev–Trinajstić information content (AvgIpc) is 2.49. The molecule has 0 aliphatic carbocycles. The largest absolute Gasteiger partial charge is 0.338 e. The molecule has 0 saturated heterocycles. The van der Waals surface area contributed by atoms with E-state index in [2.05, 4.69) is 18.5 Å². The molecule has 0 aliphatic heterocycles. The first-order valence-electron chi connectivity index (χ1n) is 7.14. The van der Waals surface area contributed by atoms with Gasteiger partial charge in [0.1, 0.15) is 0 Å². The van der Waals surface area contributed by atoms with Gasteiger partial charge in [-0.2, -0.15) is 11.8 Å². The summed E-state index contributed by atoms with van der Waals surface area (Å²) in [5.74, 6) is 1.12. The summed E-state index contributed by atoms with van der Waals surface area (Å²) in [6.07, 6.45) is 3.95. The summed E-state index contributed by atoms with van der Waals surface area (Å²) < 4.78 is 0. The van der Waals surface area contributed by atoms with Crippen LogP contribution in [-0.2, 0) is 6.42 Å². The lowest BCUT2D eigenvalue weighted by atomic mass is 10.0. The van der Waals surface area contributed by atoms with Crippen molar-refractivity contribution in [1.29, 1.82) is 0 Å². The first kappa shape index (κ1) is 17.1. The zero-order valence-electron chi connectivity index (χ0n) is 13.0. The van der Waals surface area contributed by atoms with Crippen molar-refractivity contribution in [2.45, 2.75) is 25.8 Å². The zero-order chi connectivity index (χ0) is 15.0. The Morgan fingerprint density at radius 2 is 2.10 bits per heavy atom. The predicted octanol–water partition coefficient (Wildman–Crippen LogP) is 2.66. The van der Waals surface area contributed by atoms with Gasteiger partial charge < -0.3 is 10.2 Å². The maximum atomic E-state index is 12.7. The number of hydrogen-bond acceptors (Lipinski definition) is 3. The Kier molecular flexibility index (Phi) is 7.70. The smallest absolute Gasteiger partial charge is 0.254 e. The molecule has 20 heavy (non-hydrogen) atoms. The highest BCUT2D eigenvalue weighted by Crippen LogP contribution is 2.16. The summed E-state index contributed by atoms with van der Waals surface area (Å²) >= 11 is 1.79. The number of nitrogens with one attached hydrogen (secondary N) is 1. The second kappa shape index (κ2) is 9.03. The molecular weight excluding hydrogens is 268 g/mol. The van der Waals surface area contributed by atoms with Crippen LogP contribution in [0.1, 0.15) is 29.3 Å². The third kappa shape index (κ3) is 4.53. The first-order valence-corrected chi connectivity index (χ1v) is 8.53. The van der Waals surface area contributed by atoms with Crippen molar-refractivity contribution in [3.8, 4) is 0 Å². The van der Waals surface area contributed by atoms with Crippen LogP contribution in [0.2, 0.25) is 0 Å². The molecule has 0 radical (unpaired) electrons. The van der Waals surface area contributed by atoms with Crippen LogP contribution in [0.3, 0.4) is 0 Å². The van der Waals surface area contributed by atoms with E-state index < -0.39 is 0 Å². The van der Waals surface area contributed by atoms with Crippen molar-refractivity contribution in [3.63, 3.8) is 0 Å². The maximum absolute atomic E-state index is 12.7. The Bertz CT molecular complexity index is 423. The number of carbonyl (C=O) groups is 1. The van der Waals surface area contributed by atoms with Crippen LogP contribution in [0.15, 0.2) is 24.3 Å². The molecular formula is C16H26N2OS. The second-order valence-electron chi connectivity index (χ2n) is 4.94. The summed E-state index contributed by atoms with van der Waals surface area (Å²) in [7, 11) is 3.85. The normalized spacial score (nSPS) is 12.2. The lowest BCUT2D eigenvalue weighted by molar-refractivity contribution is 0.0742. The van der Waals surface area contributed by atoms with Gasteiger partial charge in [-0.1, -0.05) is 25.1 Å². The van der Waals surface area contributed by atoms with Gasteiger partial charge in [0.15, 0.2) is 0 Å². The third-order valence-corrected chi connectivity index (χ3v) is 4.31. The minimum Gasteiger partial charge on any atom is -0.338 e. The van der Waals surface area contributed by atoms with Crippen molar-refractivity contribution in [1.82, 2.24) is 10.2 Å². The summed E-state index contributed by atoms with van der Waals surface area (Å²) in [5, 5.41) is 3.14. The molecule has 0 fully saturated rings. The van der Waals surface area contributed by atoms with Crippen molar-refractivity contribution in [2.24, 2.45) is 0 Å². The minimum atomic E-state index is 0.137. The van der Waals surface area contributed by atoms with E-state index in [4.69, 9.17) is 0 Å². The first-order chi connectivity index (χ1) is 9.65. The molecule has 0 bridgehead atoms. The zero-order valence-corrected chi connectivity index (χ0v) is 13.8. The standard InChI is InChI=1S/C16H26N2OS/c1-5-14(12-20-4)18(3)16(19)15-9-7-6-8-13(15)10-11-17-2/h6-9,14,17H,5,10-12H2,1-4H3. The van der Waals surface area contributed by atoms with E-state index in [1.807, 2.05) is 43.3 Å². The SMILES string of the molecule is CCC(CSC)N(C)C(=O)c1ccccc1CCNC. The van der Waals surface area contributed by atoms with E-state index in [1.165, 1.54) is 0 Å². The molecule has 4 heteroatoms. The second-order valence-corrected chi connectivity index (χ2v) is 5.85. The molecule has 0 aliphatic rings. The molecule has 1 aromatic rings. The molecule has 1 amide bonds. The van der Waals surface area contributed by atoms with E-state index in [0.717, 1.165) is 36.3 Å². The van der Waals surface area contributed by atoms with Gasteiger partial charge in [-0.25, -0.2) is 0 Å². The van der Waals surface area contributed by atoms with E-state index in [1.54, 1.807) is 11.8 Å². The van der Waals surface area contributed by atoms with Gasteiger partial charge in [0.2, 0.25) is 0 Å². The fourth-order valence-electron chi connectivity index (χ4n) is 2.26. The fourth-order valence-corrected chi connectivity index (χ4v) is 3.10. The van der Waals surface area contributed by atoms with E-state index in [9.17, 15) is 4.79 Å². The van der Waals surface area contributed by atoms with E-state index in [-0.39, 0.29) is 5.91 Å². The highest BCUT2D eigenvalue weighted by atomic mass is 32.2. The number of amides is 1. The van der Waals surface area contributed by atoms with Crippen LogP contribution in [0, 0.1) is 0 Å². The molecule has 0 saturated carbocycles. The molecule has 1 aromatic carbocycles.